The quantitative estimate of drug-likeness (QED) is 0.162. The largest absolute Gasteiger partial charge is 0.208 e. The minimum Gasteiger partial charge on any atom is -0.208 e. The summed E-state index contributed by atoms with van der Waals surface area (Å²) in [6, 6.07) is 76.4. The molecule has 0 fully saturated rings. The van der Waals surface area contributed by atoms with Crippen LogP contribution in [0.1, 0.15) is 0 Å². The molecule has 13 rings (SSSR count). The Balaban J connectivity index is 1.11. The summed E-state index contributed by atoms with van der Waals surface area (Å²) in [5.74, 6) is 1.93. The van der Waals surface area contributed by atoms with Crippen molar-refractivity contribution in [1.29, 1.82) is 0 Å². The average Bonchev–Trinajstić information content (AvgIpc) is 3.74. The Morgan fingerprint density at radius 2 is 0.730 bits per heavy atom. The molecule has 0 N–H and O–H groups in total. The fourth-order valence-corrected chi connectivity index (χ4v) is 11.1. The van der Waals surface area contributed by atoms with Gasteiger partial charge in [-0.3, -0.25) is 0 Å². The van der Waals surface area contributed by atoms with E-state index in [1.807, 2.05) is 0 Å². The summed E-state index contributed by atoms with van der Waals surface area (Å²) in [5.41, 5.74) is 7.54. The first-order valence-electron chi connectivity index (χ1n) is 21.4. The van der Waals surface area contributed by atoms with Gasteiger partial charge in [-0.15, -0.1) is 11.3 Å². The Morgan fingerprint density at radius 3 is 1.52 bits per heavy atom. The Kier molecular flexibility index (Phi) is 8.08. The maximum atomic E-state index is 5.56. The number of rotatable bonds is 5. The van der Waals surface area contributed by atoms with E-state index in [0.29, 0.717) is 17.5 Å². The Hall–Kier alpha value is -8.05. The molecule has 13 aromatic rings. The van der Waals surface area contributed by atoms with Gasteiger partial charge in [0.05, 0.1) is 0 Å². The summed E-state index contributed by atoms with van der Waals surface area (Å²) < 4.78 is 2.40. The molecule has 0 bridgehead atoms. The first kappa shape index (κ1) is 35.7. The van der Waals surface area contributed by atoms with E-state index in [0.717, 1.165) is 54.1 Å². The summed E-state index contributed by atoms with van der Waals surface area (Å²) in [4.78, 5) is 16.6. The van der Waals surface area contributed by atoms with Crippen molar-refractivity contribution in [2.75, 3.05) is 0 Å². The smallest absolute Gasteiger partial charge is 0.165 e. The minimum atomic E-state index is 0.635. The standard InChI is InChI=1S/C59H35N3S/c1-4-19-39-36(15-1)18-13-27-43(39)49-32-31-37-16-2-6-21-41(37)55(49)59-61-57(60-58(62-59)52-29-14-28-50-48-26-11-12-30-54(48)63-56(50)52)51-34-33-47(44-23-8-9-24-45(44)51)53-35-38-17-3-5-20-40(38)42-22-7-10-25-46(42)53/h1-35H. The third-order valence-electron chi connectivity index (χ3n) is 12.7. The first-order chi connectivity index (χ1) is 31.2. The number of aromatic nitrogens is 3. The second-order valence-corrected chi connectivity index (χ2v) is 17.3. The number of hydrogen-bond donors (Lipinski definition) is 0. The molecular weight excluding hydrogens is 783 g/mol. The third kappa shape index (κ3) is 5.69. The molecule has 0 unspecified atom stereocenters. The van der Waals surface area contributed by atoms with Gasteiger partial charge in [-0.05, 0) is 100 Å². The molecule has 0 aliphatic rings. The van der Waals surface area contributed by atoms with Crippen molar-refractivity contribution in [3.63, 3.8) is 0 Å². The van der Waals surface area contributed by atoms with Crippen LogP contribution in [0.25, 0.3) is 130 Å². The van der Waals surface area contributed by atoms with Gasteiger partial charge in [-0.2, -0.15) is 0 Å². The SMILES string of the molecule is c1ccc2c(-c3ccc4ccccc4c3-c3nc(-c4ccc(-c5cc6ccccc6c6ccccc56)c5ccccc45)nc(-c4cccc5c4sc4ccccc45)n3)cccc2c1. The fourth-order valence-electron chi connectivity index (χ4n) is 9.86. The van der Waals surface area contributed by atoms with Gasteiger partial charge in [-0.1, -0.05) is 188 Å². The van der Waals surface area contributed by atoms with E-state index in [9.17, 15) is 0 Å². The van der Waals surface area contributed by atoms with Crippen LogP contribution in [0.2, 0.25) is 0 Å². The van der Waals surface area contributed by atoms with Crippen molar-refractivity contribution < 1.29 is 0 Å². The summed E-state index contributed by atoms with van der Waals surface area (Å²) in [5, 5.41) is 14.2. The lowest BCUT2D eigenvalue weighted by Crippen LogP contribution is -2.02. The molecule has 0 aliphatic heterocycles. The molecule has 0 spiro atoms. The van der Waals surface area contributed by atoms with Crippen LogP contribution < -0.4 is 0 Å². The maximum Gasteiger partial charge on any atom is 0.165 e. The molecule has 2 heterocycles. The van der Waals surface area contributed by atoms with Gasteiger partial charge in [0.25, 0.3) is 0 Å². The molecule has 0 aliphatic carbocycles. The van der Waals surface area contributed by atoms with Crippen LogP contribution >= 0.6 is 11.3 Å². The summed E-state index contributed by atoms with van der Waals surface area (Å²) in [6.07, 6.45) is 0. The highest BCUT2D eigenvalue weighted by molar-refractivity contribution is 7.26. The van der Waals surface area contributed by atoms with Gasteiger partial charge in [0, 0.05) is 36.9 Å². The van der Waals surface area contributed by atoms with Crippen molar-refractivity contribution in [1.82, 2.24) is 15.0 Å². The van der Waals surface area contributed by atoms with E-state index in [1.54, 1.807) is 11.3 Å². The van der Waals surface area contributed by atoms with Crippen molar-refractivity contribution >= 4 is 85.4 Å². The number of nitrogens with zero attached hydrogens (tertiary/aromatic N) is 3. The topological polar surface area (TPSA) is 38.7 Å². The zero-order valence-electron chi connectivity index (χ0n) is 34.0. The molecule has 0 saturated heterocycles. The molecule has 4 heteroatoms. The summed E-state index contributed by atoms with van der Waals surface area (Å²) in [7, 11) is 0. The molecule has 11 aromatic carbocycles. The second-order valence-electron chi connectivity index (χ2n) is 16.2. The van der Waals surface area contributed by atoms with E-state index in [2.05, 4.69) is 212 Å². The molecule has 63 heavy (non-hydrogen) atoms. The fraction of sp³-hybridized carbons (Fsp3) is 0. The van der Waals surface area contributed by atoms with Gasteiger partial charge >= 0.3 is 0 Å². The van der Waals surface area contributed by atoms with Gasteiger partial charge in [-0.25, -0.2) is 15.0 Å². The van der Waals surface area contributed by atoms with Crippen LogP contribution in [0.5, 0.6) is 0 Å². The van der Waals surface area contributed by atoms with Crippen molar-refractivity contribution in [2.45, 2.75) is 0 Å². The molecule has 292 valence electrons. The second kappa shape index (κ2) is 14.3. The van der Waals surface area contributed by atoms with Gasteiger partial charge in [0.2, 0.25) is 0 Å². The van der Waals surface area contributed by atoms with Crippen LogP contribution in [-0.4, -0.2) is 15.0 Å². The van der Waals surface area contributed by atoms with Gasteiger partial charge in [0.1, 0.15) is 0 Å². The van der Waals surface area contributed by atoms with Gasteiger partial charge < -0.3 is 0 Å². The third-order valence-corrected chi connectivity index (χ3v) is 14.0. The van der Waals surface area contributed by atoms with Crippen LogP contribution in [0.15, 0.2) is 212 Å². The zero-order valence-corrected chi connectivity index (χ0v) is 34.8. The number of benzene rings is 11. The Bertz CT molecular complexity index is 3990. The lowest BCUT2D eigenvalue weighted by Gasteiger charge is -2.17. The minimum absolute atomic E-state index is 0.635. The van der Waals surface area contributed by atoms with E-state index in [4.69, 9.17) is 15.0 Å². The van der Waals surface area contributed by atoms with E-state index in [-0.39, 0.29) is 0 Å². The Labute approximate surface area is 367 Å². The lowest BCUT2D eigenvalue weighted by atomic mass is 9.89. The highest BCUT2D eigenvalue weighted by atomic mass is 32.1. The molecule has 0 radical (unpaired) electrons. The molecular formula is C59H35N3S. The molecule has 2 aromatic heterocycles. The predicted molar refractivity (Wildman–Crippen MR) is 267 cm³/mol. The molecule has 0 amide bonds. The number of thiophene rings is 1. The summed E-state index contributed by atoms with van der Waals surface area (Å²) >= 11 is 1.79. The predicted octanol–water partition coefficient (Wildman–Crippen LogP) is 16.3. The van der Waals surface area contributed by atoms with E-state index < -0.39 is 0 Å². The number of fused-ring (bicyclic) bond motifs is 9. The van der Waals surface area contributed by atoms with Crippen molar-refractivity contribution in [3.05, 3.63) is 212 Å². The lowest BCUT2D eigenvalue weighted by molar-refractivity contribution is 1.08. The van der Waals surface area contributed by atoms with E-state index >= 15 is 0 Å². The van der Waals surface area contributed by atoms with Crippen LogP contribution in [0.3, 0.4) is 0 Å². The highest BCUT2D eigenvalue weighted by Crippen LogP contribution is 2.45. The maximum absolute atomic E-state index is 5.56. The average molecular weight is 818 g/mol. The monoisotopic (exact) mass is 817 g/mol. The van der Waals surface area contributed by atoms with Crippen LogP contribution in [-0.2, 0) is 0 Å². The normalized spacial score (nSPS) is 11.8. The number of hydrogen-bond acceptors (Lipinski definition) is 4. The van der Waals surface area contributed by atoms with Crippen molar-refractivity contribution in [3.8, 4) is 56.4 Å². The first-order valence-corrected chi connectivity index (χ1v) is 22.2. The highest BCUT2D eigenvalue weighted by Gasteiger charge is 2.23. The molecule has 0 atom stereocenters. The Morgan fingerprint density at radius 1 is 0.254 bits per heavy atom. The van der Waals surface area contributed by atoms with Crippen LogP contribution in [0.4, 0.5) is 0 Å². The molecule has 0 saturated carbocycles. The summed E-state index contributed by atoms with van der Waals surface area (Å²) in [6.45, 7) is 0. The van der Waals surface area contributed by atoms with Crippen molar-refractivity contribution in [2.24, 2.45) is 0 Å². The molecule has 3 nitrogen and oxygen atoms in total. The van der Waals surface area contributed by atoms with E-state index in [1.165, 1.54) is 58.9 Å². The van der Waals surface area contributed by atoms with Crippen LogP contribution in [0, 0.1) is 0 Å². The van der Waals surface area contributed by atoms with Gasteiger partial charge in [0.15, 0.2) is 17.5 Å². The zero-order chi connectivity index (χ0) is 41.4.